The van der Waals surface area contributed by atoms with Crippen molar-refractivity contribution < 1.29 is 33.7 Å². The molecule has 0 aromatic rings. The third-order valence-corrected chi connectivity index (χ3v) is 8.10. The Kier molecular flexibility index (Phi) is 4.44. The number of methoxy groups -OCH3 is 1. The lowest BCUT2D eigenvalue weighted by Crippen LogP contribution is -2.66. The number of ether oxygens (including phenoxy) is 3. The van der Waals surface area contributed by atoms with Crippen molar-refractivity contribution in [2.45, 2.75) is 82.3 Å². The van der Waals surface area contributed by atoms with E-state index in [1.165, 1.54) is 7.11 Å². The fourth-order valence-electron chi connectivity index (χ4n) is 6.88. The number of carbonyl (C=O) groups excluding carboxylic acids is 3. The molecule has 0 radical (unpaired) electrons. The Labute approximate surface area is 181 Å². The average molecular weight is 431 g/mol. The predicted octanol–water partition coefficient (Wildman–Crippen LogP) is 1.41. The van der Waals surface area contributed by atoms with Gasteiger partial charge < -0.3 is 19.3 Å². The highest BCUT2D eigenvalue weighted by molar-refractivity contribution is 6.14. The molecule has 3 saturated heterocycles. The lowest BCUT2D eigenvalue weighted by atomic mass is 9.73. The van der Waals surface area contributed by atoms with Gasteiger partial charge in [-0.1, -0.05) is 6.92 Å². The van der Waals surface area contributed by atoms with Crippen LogP contribution in [0.1, 0.15) is 52.9 Å². The standard InChI is InChI=1S/C23H29NO7/c1-11-10-16(30-20(11)27)14-7-8-22-17(15(25)6-5-9-24(14)22)12(2)18(26)23(22)19(29-4)13(3)21(28)31-23/h11,14-16,25H,5-10H2,1-4H3/t11-,14?,15+,16?,22+,23-/m0/s1. The minimum Gasteiger partial charge on any atom is -0.496 e. The quantitative estimate of drug-likeness (QED) is 0.655. The van der Waals surface area contributed by atoms with Gasteiger partial charge in [0, 0.05) is 11.6 Å². The summed E-state index contributed by atoms with van der Waals surface area (Å²) in [6, 6.07) is -0.123. The summed E-state index contributed by atoms with van der Waals surface area (Å²) in [5, 5.41) is 11.1. The highest BCUT2D eigenvalue weighted by atomic mass is 16.6. The van der Waals surface area contributed by atoms with Gasteiger partial charge in [0.15, 0.2) is 5.76 Å². The fraction of sp³-hybridized carbons (Fsp3) is 0.696. The van der Waals surface area contributed by atoms with Gasteiger partial charge in [-0.25, -0.2) is 4.79 Å². The molecule has 2 spiro atoms. The number of carbonyl (C=O) groups is 3. The van der Waals surface area contributed by atoms with E-state index in [4.69, 9.17) is 14.2 Å². The van der Waals surface area contributed by atoms with Crippen molar-refractivity contribution in [3.8, 4) is 0 Å². The lowest BCUT2D eigenvalue weighted by molar-refractivity contribution is -0.169. The molecule has 31 heavy (non-hydrogen) atoms. The molecule has 168 valence electrons. The van der Waals surface area contributed by atoms with Crippen LogP contribution < -0.4 is 0 Å². The Morgan fingerprint density at radius 2 is 1.90 bits per heavy atom. The van der Waals surface area contributed by atoms with Crippen LogP contribution in [0.5, 0.6) is 0 Å². The van der Waals surface area contributed by atoms with Gasteiger partial charge in [-0.2, -0.15) is 0 Å². The van der Waals surface area contributed by atoms with Crippen LogP contribution in [0.2, 0.25) is 0 Å². The number of aliphatic hydroxyl groups excluding tert-OH is 1. The first-order valence-corrected chi connectivity index (χ1v) is 11.1. The zero-order valence-electron chi connectivity index (χ0n) is 18.4. The van der Waals surface area contributed by atoms with Crippen LogP contribution in [-0.4, -0.2) is 70.8 Å². The summed E-state index contributed by atoms with van der Waals surface area (Å²) in [4.78, 5) is 40.9. The number of hydrogen-bond donors (Lipinski definition) is 1. The highest BCUT2D eigenvalue weighted by Gasteiger charge is 2.77. The number of esters is 2. The largest absolute Gasteiger partial charge is 0.496 e. The van der Waals surface area contributed by atoms with Gasteiger partial charge in [-0.05, 0) is 58.1 Å². The molecular weight excluding hydrogens is 402 g/mol. The molecule has 0 bridgehead atoms. The minimum atomic E-state index is -1.64. The Balaban J connectivity index is 1.71. The Hall–Kier alpha value is -2.19. The molecule has 2 unspecified atom stereocenters. The molecule has 0 aromatic heterocycles. The maximum absolute atomic E-state index is 13.8. The molecule has 8 heteroatoms. The van der Waals surface area contributed by atoms with Gasteiger partial charge in [0.1, 0.15) is 11.6 Å². The molecular formula is C23H29NO7. The van der Waals surface area contributed by atoms with E-state index in [0.29, 0.717) is 43.4 Å². The first-order valence-electron chi connectivity index (χ1n) is 11.1. The number of rotatable bonds is 2. The molecule has 3 fully saturated rings. The second kappa shape index (κ2) is 6.65. The van der Waals surface area contributed by atoms with E-state index >= 15 is 0 Å². The molecule has 5 aliphatic rings. The average Bonchev–Trinajstić information content (AvgIpc) is 3.36. The van der Waals surface area contributed by atoms with Crippen molar-refractivity contribution in [3.05, 3.63) is 22.5 Å². The smallest absolute Gasteiger partial charge is 0.338 e. The molecule has 1 aliphatic carbocycles. The van der Waals surface area contributed by atoms with Crippen molar-refractivity contribution in [1.82, 2.24) is 4.90 Å². The third kappa shape index (κ3) is 2.30. The van der Waals surface area contributed by atoms with Gasteiger partial charge in [-0.3, -0.25) is 14.5 Å². The van der Waals surface area contributed by atoms with Crippen molar-refractivity contribution in [3.63, 3.8) is 0 Å². The first-order chi connectivity index (χ1) is 14.7. The summed E-state index contributed by atoms with van der Waals surface area (Å²) in [7, 11) is 1.45. The number of cyclic esters (lactones) is 1. The predicted molar refractivity (Wildman–Crippen MR) is 108 cm³/mol. The van der Waals surface area contributed by atoms with E-state index in [0.717, 1.165) is 6.42 Å². The van der Waals surface area contributed by atoms with Crippen molar-refractivity contribution in [1.29, 1.82) is 0 Å². The molecule has 8 nitrogen and oxygen atoms in total. The van der Waals surface area contributed by atoms with Crippen LogP contribution in [0, 0.1) is 5.92 Å². The van der Waals surface area contributed by atoms with Gasteiger partial charge in [0.2, 0.25) is 5.78 Å². The summed E-state index contributed by atoms with van der Waals surface area (Å²) in [6.07, 6.45) is 1.91. The zero-order chi connectivity index (χ0) is 22.3. The highest BCUT2D eigenvalue weighted by Crippen LogP contribution is 2.62. The Bertz CT molecular complexity index is 952. The van der Waals surface area contributed by atoms with E-state index < -0.39 is 23.2 Å². The number of aliphatic hydroxyl groups is 1. The topological polar surface area (TPSA) is 102 Å². The van der Waals surface area contributed by atoms with Crippen LogP contribution in [0.15, 0.2) is 22.5 Å². The molecule has 0 amide bonds. The van der Waals surface area contributed by atoms with Crippen LogP contribution in [-0.2, 0) is 28.6 Å². The molecule has 1 N–H and O–H groups in total. The van der Waals surface area contributed by atoms with E-state index in [9.17, 15) is 19.5 Å². The molecule has 5 rings (SSSR count). The van der Waals surface area contributed by atoms with Gasteiger partial charge in [0.25, 0.3) is 5.60 Å². The molecule has 6 atom stereocenters. The van der Waals surface area contributed by atoms with Gasteiger partial charge >= 0.3 is 11.9 Å². The van der Waals surface area contributed by atoms with Crippen LogP contribution >= 0.6 is 0 Å². The zero-order valence-corrected chi connectivity index (χ0v) is 18.4. The summed E-state index contributed by atoms with van der Waals surface area (Å²) in [6.45, 7) is 5.78. The number of hydrogen-bond acceptors (Lipinski definition) is 8. The van der Waals surface area contributed by atoms with E-state index in [2.05, 4.69) is 4.90 Å². The summed E-state index contributed by atoms with van der Waals surface area (Å²) in [5.74, 6) is -1.04. The normalized spacial score (nSPS) is 42.8. The molecule has 0 aromatic carbocycles. The lowest BCUT2D eigenvalue weighted by Gasteiger charge is -2.48. The summed E-state index contributed by atoms with van der Waals surface area (Å²) < 4.78 is 17.3. The van der Waals surface area contributed by atoms with Crippen molar-refractivity contribution in [2.24, 2.45) is 5.92 Å². The Morgan fingerprint density at radius 1 is 1.16 bits per heavy atom. The van der Waals surface area contributed by atoms with Crippen molar-refractivity contribution in [2.75, 3.05) is 13.7 Å². The summed E-state index contributed by atoms with van der Waals surface area (Å²) >= 11 is 0. The minimum absolute atomic E-state index is 0.123. The molecule has 4 aliphatic heterocycles. The third-order valence-electron chi connectivity index (χ3n) is 8.10. The molecule has 4 heterocycles. The van der Waals surface area contributed by atoms with Crippen molar-refractivity contribution >= 4 is 17.7 Å². The number of Topliss-reactive ketones (excluding diaryl/α,β-unsaturated/α-hetero) is 1. The fourth-order valence-corrected chi connectivity index (χ4v) is 6.88. The Morgan fingerprint density at radius 3 is 2.55 bits per heavy atom. The monoisotopic (exact) mass is 431 g/mol. The van der Waals surface area contributed by atoms with E-state index in [1.807, 2.05) is 6.92 Å². The van der Waals surface area contributed by atoms with Gasteiger partial charge in [0.05, 0.1) is 24.7 Å². The van der Waals surface area contributed by atoms with E-state index in [-0.39, 0.29) is 41.1 Å². The second-order valence-corrected chi connectivity index (χ2v) is 9.53. The maximum atomic E-state index is 13.8. The molecule has 0 saturated carbocycles. The second-order valence-electron chi connectivity index (χ2n) is 9.53. The van der Waals surface area contributed by atoms with Crippen LogP contribution in [0.3, 0.4) is 0 Å². The van der Waals surface area contributed by atoms with Crippen LogP contribution in [0.4, 0.5) is 0 Å². The maximum Gasteiger partial charge on any atom is 0.338 e. The first kappa shape index (κ1) is 20.7. The number of nitrogens with zero attached hydrogens (tertiary/aromatic N) is 1. The SMILES string of the molecule is COC1=C(C)C(=O)O[C@@]12C(=O)C(C)=C1[C@H](O)CCCN3C(C4C[C@H](C)C(=O)O4)CC[C@]132. The number of ketones is 1. The van der Waals surface area contributed by atoms with Gasteiger partial charge in [-0.15, -0.1) is 0 Å². The van der Waals surface area contributed by atoms with E-state index in [1.54, 1.807) is 13.8 Å². The summed E-state index contributed by atoms with van der Waals surface area (Å²) in [5.41, 5.74) is -1.33. The van der Waals surface area contributed by atoms with Crippen LogP contribution in [0.25, 0.3) is 0 Å².